The van der Waals surface area contributed by atoms with E-state index in [-0.39, 0.29) is 17.8 Å². The number of halogens is 1. The molecular formula is C40H50FN3O5S. The van der Waals surface area contributed by atoms with E-state index in [1.165, 1.54) is 12.1 Å². The summed E-state index contributed by atoms with van der Waals surface area (Å²) in [5, 5.41) is 11.5. The molecule has 268 valence electrons. The van der Waals surface area contributed by atoms with E-state index < -0.39 is 17.7 Å². The molecule has 10 heteroatoms. The Bertz CT molecular complexity index is 1750. The molecule has 4 aromatic rings. The highest BCUT2D eigenvalue weighted by atomic mass is 32.1. The van der Waals surface area contributed by atoms with E-state index in [0.29, 0.717) is 36.6 Å². The van der Waals surface area contributed by atoms with Gasteiger partial charge in [0, 0.05) is 41.2 Å². The monoisotopic (exact) mass is 703 g/mol. The van der Waals surface area contributed by atoms with Crippen LogP contribution in [-0.4, -0.2) is 46.3 Å². The highest BCUT2D eigenvalue weighted by Gasteiger charge is 2.37. The summed E-state index contributed by atoms with van der Waals surface area (Å²) in [5.74, 6) is -0.619. The van der Waals surface area contributed by atoms with Crippen molar-refractivity contribution in [2.45, 2.75) is 99.6 Å². The molecule has 3 heterocycles. The average molecular weight is 704 g/mol. The molecule has 1 atom stereocenters. The summed E-state index contributed by atoms with van der Waals surface area (Å²) in [7, 11) is 0. The van der Waals surface area contributed by atoms with Crippen LogP contribution in [0.4, 0.5) is 10.1 Å². The minimum atomic E-state index is -1.23. The molecule has 50 heavy (non-hydrogen) atoms. The highest BCUT2D eigenvalue weighted by Crippen LogP contribution is 2.45. The lowest BCUT2D eigenvalue weighted by molar-refractivity contribution is -0.160. The molecule has 2 aromatic heterocycles. The molecule has 0 aliphatic carbocycles. The van der Waals surface area contributed by atoms with Crippen molar-refractivity contribution in [2.24, 2.45) is 5.41 Å². The SMILES string of the molecule is Cc1nc(COCc2nc(C)c(C(OC(C)(C)C)C(=O)O)c(N3CCC(C)(C)CC3)c2-c2ccc(OCCc3ccc(F)cc3)cc2)sc1C. The Balaban J connectivity index is 1.57. The van der Waals surface area contributed by atoms with Crippen LogP contribution in [0.1, 0.15) is 91.7 Å². The number of aryl methyl sites for hydroxylation is 3. The summed E-state index contributed by atoms with van der Waals surface area (Å²) in [4.78, 5) is 26.2. The second-order valence-electron chi connectivity index (χ2n) is 14.9. The lowest BCUT2D eigenvalue weighted by atomic mass is 9.81. The Hall–Kier alpha value is -3.86. The maximum absolute atomic E-state index is 13.3. The molecule has 1 unspecified atom stereocenters. The zero-order valence-corrected chi connectivity index (χ0v) is 31.4. The molecule has 0 radical (unpaired) electrons. The first-order valence-electron chi connectivity index (χ1n) is 17.3. The molecule has 1 fully saturated rings. The van der Waals surface area contributed by atoms with Crippen LogP contribution >= 0.6 is 11.3 Å². The first kappa shape index (κ1) is 37.4. The van der Waals surface area contributed by atoms with E-state index in [0.717, 1.165) is 69.6 Å². The van der Waals surface area contributed by atoms with Gasteiger partial charge in [-0.3, -0.25) is 4.98 Å². The Morgan fingerprint density at radius 3 is 2.22 bits per heavy atom. The van der Waals surface area contributed by atoms with Crippen LogP contribution in [0.3, 0.4) is 0 Å². The van der Waals surface area contributed by atoms with E-state index >= 15 is 0 Å². The number of anilines is 1. The molecular weight excluding hydrogens is 654 g/mol. The molecule has 2 aromatic carbocycles. The molecule has 1 saturated heterocycles. The van der Waals surface area contributed by atoms with Gasteiger partial charge in [-0.05, 0) is 95.2 Å². The molecule has 8 nitrogen and oxygen atoms in total. The quantitative estimate of drug-likeness (QED) is 0.147. The largest absolute Gasteiger partial charge is 0.493 e. The maximum Gasteiger partial charge on any atom is 0.337 e. The Morgan fingerprint density at radius 1 is 0.980 bits per heavy atom. The first-order valence-corrected chi connectivity index (χ1v) is 18.1. The number of nitrogens with zero attached hydrogens (tertiary/aromatic N) is 3. The number of piperidine rings is 1. The number of rotatable bonds is 13. The number of benzene rings is 2. The third-order valence-electron chi connectivity index (χ3n) is 9.12. The highest BCUT2D eigenvalue weighted by molar-refractivity contribution is 7.11. The lowest BCUT2D eigenvalue weighted by Gasteiger charge is -2.41. The number of hydrogen-bond donors (Lipinski definition) is 1. The van der Waals surface area contributed by atoms with Crippen LogP contribution in [-0.2, 0) is 33.9 Å². The minimum Gasteiger partial charge on any atom is -0.493 e. The molecule has 1 aliphatic rings. The molecule has 1 aliphatic heterocycles. The topological polar surface area (TPSA) is 94.0 Å². The number of pyridine rings is 1. The van der Waals surface area contributed by atoms with E-state index in [9.17, 15) is 14.3 Å². The van der Waals surface area contributed by atoms with Gasteiger partial charge in [-0.1, -0.05) is 38.1 Å². The first-order chi connectivity index (χ1) is 23.6. The summed E-state index contributed by atoms with van der Waals surface area (Å²) in [6.45, 7) is 18.6. The van der Waals surface area contributed by atoms with Crippen molar-refractivity contribution in [1.82, 2.24) is 9.97 Å². The average Bonchev–Trinajstić information content (AvgIpc) is 3.37. The van der Waals surface area contributed by atoms with Crippen molar-refractivity contribution in [2.75, 3.05) is 24.6 Å². The molecule has 5 rings (SSSR count). The Labute approximate surface area is 299 Å². The Morgan fingerprint density at radius 2 is 1.64 bits per heavy atom. The number of thiazole rings is 1. The van der Waals surface area contributed by atoms with Crippen molar-refractivity contribution in [3.05, 3.63) is 92.4 Å². The fourth-order valence-corrected chi connectivity index (χ4v) is 7.10. The molecule has 0 amide bonds. The fourth-order valence-electron chi connectivity index (χ4n) is 6.22. The molecule has 0 saturated carbocycles. The zero-order chi connectivity index (χ0) is 36.2. The minimum absolute atomic E-state index is 0.176. The molecule has 0 spiro atoms. The number of carboxylic acids is 1. The summed E-state index contributed by atoms with van der Waals surface area (Å²) < 4.78 is 32.0. The number of hydrogen-bond acceptors (Lipinski definition) is 8. The number of carboxylic acid groups (broad SMARTS) is 1. The number of carbonyl (C=O) groups is 1. The summed E-state index contributed by atoms with van der Waals surface area (Å²) >= 11 is 1.62. The maximum atomic E-state index is 13.3. The van der Waals surface area contributed by atoms with Gasteiger partial charge >= 0.3 is 5.97 Å². The number of aliphatic carboxylic acids is 1. The molecule has 0 bridgehead atoms. The smallest absolute Gasteiger partial charge is 0.337 e. The van der Waals surface area contributed by atoms with Crippen molar-refractivity contribution >= 4 is 23.0 Å². The standard InChI is InChI=1S/C40H50FN3O5S/c1-25-27(3)50-33(43-25)24-47-23-32-35(29-11-15-31(16-12-29)48-22-17-28-9-13-30(41)14-10-28)36(44-20-18-40(7,8)19-21-44)34(26(2)42-32)37(38(45)46)49-39(4,5)6/h9-16,37H,17-24H2,1-8H3,(H,45,46). The van der Waals surface area contributed by atoms with Crippen LogP contribution in [0.5, 0.6) is 5.75 Å². The van der Waals surface area contributed by atoms with E-state index in [1.54, 1.807) is 23.5 Å². The van der Waals surface area contributed by atoms with Crippen LogP contribution in [0.15, 0.2) is 48.5 Å². The van der Waals surface area contributed by atoms with Gasteiger partial charge in [0.25, 0.3) is 0 Å². The van der Waals surface area contributed by atoms with Gasteiger partial charge in [-0.25, -0.2) is 14.2 Å². The second kappa shape index (κ2) is 15.6. The van der Waals surface area contributed by atoms with Crippen molar-refractivity contribution in [1.29, 1.82) is 0 Å². The van der Waals surface area contributed by atoms with Gasteiger partial charge in [0.2, 0.25) is 0 Å². The molecule has 1 N–H and O–H groups in total. The van der Waals surface area contributed by atoms with Gasteiger partial charge in [-0.15, -0.1) is 11.3 Å². The van der Waals surface area contributed by atoms with Gasteiger partial charge in [0.15, 0.2) is 6.10 Å². The zero-order valence-electron chi connectivity index (χ0n) is 30.6. The predicted molar refractivity (Wildman–Crippen MR) is 197 cm³/mol. The van der Waals surface area contributed by atoms with E-state index in [2.05, 4.69) is 30.7 Å². The fraction of sp³-hybridized carbons (Fsp3) is 0.475. The third-order valence-corrected chi connectivity index (χ3v) is 10.2. The van der Waals surface area contributed by atoms with Crippen LogP contribution in [0.2, 0.25) is 0 Å². The second-order valence-corrected chi connectivity index (χ2v) is 16.2. The number of ether oxygens (including phenoxy) is 3. The summed E-state index contributed by atoms with van der Waals surface area (Å²) in [5.41, 5.74) is 5.89. The van der Waals surface area contributed by atoms with Crippen LogP contribution in [0, 0.1) is 32.0 Å². The van der Waals surface area contributed by atoms with Crippen molar-refractivity contribution in [3.8, 4) is 16.9 Å². The Kier molecular flexibility index (Phi) is 11.7. The number of aromatic nitrogens is 2. The van der Waals surface area contributed by atoms with Gasteiger partial charge in [0.1, 0.15) is 16.6 Å². The predicted octanol–water partition coefficient (Wildman–Crippen LogP) is 9.17. The third kappa shape index (κ3) is 9.47. The van der Waals surface area contributed by atoms with E-state index in [1.807, 2.05) is 58.9 Å². The van der Waals surface area contributed by atoms with Gasteiger partial charge < -0.3 is 24.2 Å². The van der Waals surface area contributed by atoms with Gasteiger partial charge in [0.05, 0.1) is 42.5 Å². The summed E-state index contributed by atoms with van der Waals surface area (Å²) in [6.07, 6.45) is 1.34. The lowest BCUT2D eigenvalue weighted by Crippen LogP contribution is -2.39. The van der Waals surface area contributed by atoms with E-state index in [4.69, 9.17) is 19.2 Å². The van der Waals surface area contributed by atoms with Crippen LogP contribution in [0.25, 0.3) is 11.1 Å². The van der Waals surface area contributed by atoms with Crippen LogP contribution < -0.4 is 9.64 Å². The van der Waals surface area contributed by atoms with Crippen molar-refractivity contribution in [3.63, 3.8) is 0 Å². The van der Waals surface area contributed by atoms with Gasteiger partial charge in [-0.2, -0.15) is 0 Å². The summed E-state index contributed by atoms with van der Waals surface area (Å²) in [6, 6.07) is 14.3. The normalized spacial score (nSPS) is 15.3. The van der Waals surface area contributed by atoms with Crippen molar-refractivity contribution < 1.29 is 28.5 Å².